The monoisotopic (exact) mass is 467 g/mol. The average Bonchev–Trinajstić information content (AvgIpc) is 3.32. The quantitative estimate of drug-likeness (QED) is 0.440. The minimum Gasteiger partial charge on any atom is -0.376 e. The number of benzene rings is 1. The fraction of sp³-hybridized carbons (Fsp3) is 0.522. The predicted octanol–water partition coefficient (Wildman–Crippen LogP) is 2.71. The molecule has 1 aromatic carbocycles. The van der Waals surface area contributed by atoms with Gasteiger partial charge in [0.15, 0.2) is 5.69 Å². The van der Waals surface area contributed by atoms with Gasteiger partial charge in [0.2, 0.25) is 0 Å². The number of amides is 3. The maximum atomic E-state index is 12.6. The van der Waals surface area contributed by atoms with Gasteiger partial charge in [0.25, 0.3) is 5.91 Å². The molecule has 0 radical (unpaired) electrons. The van der Waals surface area contributed by atoms with Gasteiger partial charge >= 0.3 is 6.03 Å². The van der Waals surface area contributed by atoms with Crippen molar-refractivity contribution in [1.29, 1.82) is 0 Å². The van der Waals surface area contributed by atoms with Crippen molar-refractivity contribution in [3.63, 3.8) is 0 Å². The molecule has 11 heteroatoms. The lowest BCUT2D eigenvalue weighted by Gasteiger charge is -2.35. The van der Waals surface area contributed by atoms with Crippen LogP contribution in [0.1, 0.15) is 67.1 Å². The molecule has 2 aliphatic rings. The van der Waals surface area contributed by atoms with Crippen LogP contribution in [0.4, 0.5) is 4.79 Å². The normalized spacial score (nSPS) is 18.2. The van der Waals surface area contributed by atoms with Gasteiger partial charge in [-0.1, -0.05) is 11.2 Å². The second kappa shape index (κ2) is 9.41. The Hall–Kier alpha value is -3.47. The molecule has 5 rings (SSSR count). The standard InChI is InChI=1S/C23H29N7O4/c1-13(2)33-12-19(28-22(31)18-11-25-34-29-18)21-26-16-7-6-15(10-17(16)27-21)20(14-4-5-14)30-9-3-8-24-23(30)32/h6-7,10-11,13-14,19-20H,3-5,8-9,12H2,1-2H3,(H,24,32)(H,26,27)(H,28,31). The van der Waals surface area contributed by atoms with E-state index >= 15 is 0 Å². The molecule has 1 saturated carbocycles. The number of hydrogen-bond acceptors (Lipinski definition) is 7. The van der Waals surface area contributed by atoms with Crippen molar-refractivity contribution in [2.75, 3.05) is 19.7 Å². The lowest BCUT2D eigenvalue weighted by molar-refractivity contribution is 0.0553. The lowest BCUT2D eigenvalue weighted by Crippen LogP contribution is -2.48. The van der Waals surface area contributed by atoms with Crippen LogP contribution in [-0.2, 0) is 4.74 Å². The number of imidazole rings is 1. The van der Waals surface area contributed by atoms with Gasteiger partial charge in [-0.2, -0.15) is 0 Å². The third-order valence-electron chi connectivity index (χ3n) is 6.21. The van der Waals surface area contributed by atoms with Crippen molar-refractivity contribution < 1.29 is 19.0 Å². The van der Waals surface area contributed by atoms with Crippen LogP contribution in [0.5, 0.6) is 0 Å². The number of rotatable bonds is 9. The number of nitrogens with zero attached hydrogens (tertiary/aromatic N) is 4. The molecular formula is C23H29N7O4. The fourth-order valence-electron chi connectivity index (χ4n) is 4.40. The molecular weight excluding hydrogens is 438 g/mol. The van der Waals surface area contributed by atoms with E-state index in [0.717, 1.165) is 48.9 Å². The Morgan fingerprint density at radius 1 is 1.35 bits per heavy atom. The number of aromatic amines is 1. The first-order valence-corrected chi connectivity index (χ1v) is 11.7. The summed E-state index contributed by atoms with van der Waals surface area (Å²) in [5, 5.41) is 12.9. The number of carbonyl (C=O) groups excluding carboxylic acids is 2. The van der Waals surface area contributed by atoms with Gasteiger partial charge in [0.05, 0.1) is 29.8 Å². The number of aromatic nitrogens is 4. The van der Waals surface area contributed by atoms with Gasteiger partial charge in [0, 0.05) is 13.1 Å². The SMILES string of the molecule is CC(C)OCC(NC(=O)c1cnon1)c1nc2ccc(C(C3CC3)N3CCCNC3=O)cc2[nH]1. The third-order valence-corrected chi connectivity index (χ3v) is 6.21. The first-order chi connectivity index (χ1) is 16.5. The summed E-state index contributed by atoms with van der Waals surface area (Å²) in [7, 11) is 0. The van der Waals surface area contributed by atoms with Crippen LogP contribution in [0.15, 0.2) is 29.0 Å². The number of carbonyl (C=O) groups is 2. The van der Waals surface area contributed by atoms with Crippen molar-refractivity contribution in [3.05, 3.63) is 41.5 Å². The van der Waals surface area contributed by atoms with E-state index in [2.05, 4.69) is 42.7 Å². The fourth-order valence-corrected chi connectivity index (χ4v) is 4.40. The highest BCUT2D eigenvalue weighted by Gasteiger charge is 2.39. The lowest BCUT2D eigenvalue weighted by atomic mass is 9.99. The zero-order chi connectivity index (χ0) is 23.7. The molecule has 0 bridgehead atoms. The maximum Gasteiger partial charge on any atom is 0.317 e. The van der Waals surface area contributed by atoms with Crippen LogP contribution in [-0.4, -0.2) is 62.9 Å². The summed E-state index contributed by atoms with van der Waals surface area (Å²) in [6, 6.07) is 5.62. The van der Waals surface area contributed by atoms with E-state index in [-0.39, 0.29) is 30.5 Å². The van der Waals surface area contributed by atoms with E-state index in [1.807, 2.05) is 24.8 Å². The Morgan fingerprint density at radius 2 is 2.21 bits per heavy atom. The second-order valence-electron chi connectivity index (χ2n) is 9.16. The van der Waals surface area contributed by atoms with Gasteiger partial charge < -0.3 is 25.3 Å². The van der Waals surface area contributed by atoms with Gasteiger partial charge in [-0.3, -0.25) is 4.79 Å². The minimum absolute atomic E-state index is 0.00417. The zero-order valence-corrected chi connectivity index (χ0v) is 19.3. The summed E-state index contributed by atoms with van der Waals surface area (Å²) in [5.41, 5.74) is 2.81. The van der Waals surface area contributed by atoms with Gasteiger partial charge in [-0.05, 0) is 61.9 Å². The Morgan fingerprint density at radius 3 is 2.91 bits per heavy atom. The van der Waals surface area contributed by atoms with Gasteiger partial charge in [-0.25, -0.2) is 14.4 Å². The molecule has 3 aromatic rings. The van der Waals surface area contributed by atoms with Crippen molar-refractivity contribution in [2.45, 2.75) is 51.3 Å². The summed E-state index contributed by atoms with van der Waals surface area (Å²) < 4.78 is 10.3. The molecule has 0 spiro atoms. The van der Waals surface area contributed by atoms with E-state index in [1.54, 1.807) is 0 Å². The van der Waals surface area contributed by atoms with Gasteiger partial charge in [0.1, 0.15) is 18.1 Å². The number of nitrogens with one attached hydrogen (secondary N) is 3. The van der Waals surface area contributed by atoms with E-state index in [9.17, 15) is 9.59 Å². The van der Waals surface area contributed by atoms with Crippen LogP contribution in [0.2, 0.25) is 0 Å². The molecule has 11 nitrogen and oxygen atoms in total. The van der Waals surface area contributed by atoms with E-state index in [4.69, 9.17) is 9.72 Å². The third kappa shape index (κ3) is 4.74. The molecule has 3 N–H and O–H groups in total. The first kappa shape index (κ1) is 22.3. The number of ether oxygens (including phenoxy) is 1. The highest BCUT2D eigenvalue weighted by atomic mass is 16.6. The minimum atomic E-state index is -0.519. The van der Waals surface area contributed by atoms with Crippen molar-refractivity contribution in [2.24, 2.45) is 5.92 Å². The summed E-state index contributed by atoms with van der Waals surface area (Å²) >= 11 is 0. The Kier molecular flexibility index (Phi) is 6.18. The topological polar surface area (TPSA) is 138 Å². The number of hydrogen-bond donors (Lipinski definition) is 3. The van der Waals surface area contributed by atoms with Crippen molar-refractivity contribution >= 4 is 23.0 Å². The zero-order valence-electron chi connectivity index (χ0n) is 19.3. The molecule has 180 valence electrons. The Balaban J connectivity index is 1.42. The first-order valence-electron chi connectivity index (χ1n) is 11.7. The van der Waals surface area contributed by atoms with Crippen molar-refractivity contribution in [1.82, 2.24) is 35.8 Å². The highest BCUT2D eigenvalue weighted by molar-refractivity contribution is 5.92. The Bertz CT molecular complexity index is 1160. The van der Waals surface area contributed by atoms with Gasteiger partial charge in [-0.15, -0.1) is 0 Å². The Labute approximate surface area is 196 Å². The maximum absolute atomic E-state index is 12.6. The second-order valence-corrected chi connectivity index (χ2v) is 9.16. The molecule has 34 heavy (non-hydrogen) atoms. The van der Waals surface area contributed by atoms with E-state index < -0.39 is 11.9 Å². The van der Waals surface area contributed by atoms with E-state index in [0.29, 0.717) is 11.7 Å². The van der Waals surface area contributed by atoms with Crippen LogP contribution >= 0.6 is 0 Å². The molecule has 2 unspecified atom stereocenters. The van der Waals surface area contributed by atoms with E-state index in [1.165, 1.54) is 6.20 Å². The van der Waals surface area contributed by atoms with Crippen LogP contribution < -0.4 is 10.6 Å². The average molecular weight is 468 g/mol. The largest absolute Gasteiger partial charge is 0.376 e. The van der Waals surface area contributed by atoms with Crippen molar-refractivity contribution in [3.8, 4) is 0 Å². The number of fused-ring (bicyclic) bond motifs is 1. The molecule has 1 aliphatic heterocycles. The molecule has 2 atom stereocenters. The molecule has 1 saturated heterocycles. The summed E-state index contributed by atoms with van der Waals surface area (Å²) in [5.74, 6) is 0.632. The summed E-state index contributed by atoms with van der Waals surface area (Å²) in [6.45, 7) is 5.59. The number of urea groups is 1. The highest BCUT2D eigenvalue weighted by Crippen LogP contribution is 2.45. The summed E-state index contributed by atoms with van der Waals surface area (Å²) in [4.78, 5) is 35.1. The van der Waals surface area contributed by atoms with Crippen LogP contribution in [0.3, 0.4) is 0 Å². The smallest absolute Gasteiger partial charge is 0.317 e. The molecule has 1 aliphatic carbocycles. The number of H-pyrrole nitrogens is 1. The van der Waals surface area contributed by atoms with Crippen LogP contribution in [0.25, 0.3) is 11.0 Å². The van der Waals surface area contributed by atoms with Crippen LogP contribution in [0, 0.1) is 5.92 Å². The molecule has 3 amide bonds. The molecule has 2 aromatic heterocycles. The molecule has 2 fully saturated rings. The summed E-state index contributed by atoms with van der Waals surface area (Å²) in [6.07, 6.45) is 4.44. The predicted molar refractivity (Wildman–Crippen MR) is 122 cm³/mol. The molecule has 3 heterocycles.